The molecule has 0 saturated carbocycles. The van der Waals surface area contributed by atoms with Crippen molar-refractivity contribution in [3.05, 3.63) is 46.5 Å². The van der Waals surface area contributed by atoms with Crippen molar-refractivity contribution in [3.63, 3.8) is 0 Å². The molecule has 0 amide bonds. The topological polar surface area (TPSA) is 59.4 Å². The number of aryl methyl sites for hydroxylation is 1. The number of carbonyl (C=O) groups is 1. The van der Waals surface area contributed by atoms with Gasteiger partial charge in [-0.25, -0.2) is 9.18 Å². The number of hydrogen-bond acceptors (Lipinski definition) is 3. The fraction of sp³-hybridized carbons (Fsp3) is 0.143. The largest absolute Gasteiger partial charge is 0.495 e. The Labute approximate surface area is 119 Å². The lowest BCUT2D eigenvalue weighted by atomic mass is 9.99. The van der Waals surface area contributed by atoms with Gasteiger partial charge in [0.25, 0.3) is 0 Å². The molecule has 0 unspecified atom stereocenters. The first kappa shape index (κ1) is 14.3. The Hall–Kier alpha value is -2.14. The first-order chi connectivity index (χ1) is 9.47. The summed E-state index contributed by atoms with van der Waals surface area (Å²) in [5, 5.41) is 9.25. The Balaban J connectivity index is 2.78. The second-order valence-electron chi connectivity index (χ2n) is 4.07. The summed E-state index contributed by atoms with van der Waals surface area (Å²) >= 11 is 6.01. The summed E-state index contributed by atoms with van der Waals surface area (Å²) in [6.07, 6.45) is 1.41. The predicted molar refractivity (Wildman–Crippen MR) is 72.9 cm³/mol. The number of pyridine rings is 1. The Morgan fingerprint density at radius 2 is 2.05 bits per heavy atom. The van der Waals surface area contributed by atoms with Crippen LogP contribution in [0.2, 0.25) is 5.02 Å². The molecule has 1 heterocycles. The molecule has 4 nitrogen and oxygen atoms in total. The van der Waals surface area contributed by atoms with Gasteiger partial charge in [0, 0.05) is 17.3 Å². The van der Waals surface area contributed by atoms with E-state index in [2.05, 4.69) is 4.98 Å². The zero-order valence-corrected chi connectivity index (χ0v) is 11.5. The third kappa shape index (κ3) is 2.32. The van der Waals surface area contributed by atoms with Crippen LogP contribution in [0.1, 0.15) is 16.1 Å². The number of nitrogens with zero attached hydrogens (tertiary/aromatic N) is 1. The van der Waals surface area contributed by atoms with E-state index in [-0.39, 0.29) is 33.2 Å². The second kappa shape index (κ2) is 5.46. The minimum absolute atomic E-state index is 0.0636. The van der Waals surface area contributed by atoms with E-state index in [0.717, 1.165) is 0 Å². The highest BCUT2D eigenvalue weighted by atomic mass is 35.5. The number of aromatic carboxylic acids is 1. The van der Waals surface area contributed by atoms with E-state index in [1.807, 2.05) is 0 Å². The van der Waals surface area contributed by atoms with Crippen LogP contribution in [0.15, 0.2) is 24.4 Å². The van der Waals surface area contributed by atoms with Crippen LogP contribution in [0.5, 0.6) is 5.75 Å². The molecule has 1 aromatic carbocycles. The smallest absolute Gasteiger partial charge is 0.337 e. The van der Waals surface area contributed by atoms with E-state index in [4.69, 9.17) is 16.3 Å². The Morgan fingerprint density at radius 1 is 1.35 bits per heavy atom. The number of halogens is 2. The van der Waals surface area contributed by atoms with Gasteiger partial charge in [0.2, 0.25) is 0 Å². The maximum atomic E-state index is 14.1. The van der Waals surface area contributed by atoms with Crippen LogP contribution in [0, 0.1) is 12.7 Å². The SMILES string of the molecule is COc1ccc(-c2ccnc(C)c2F)c(C(=O)O)c1Cl. The van der Waals surface area contributed by atoms with Crippen LogP contribution in [0.3, 0.4) is 0 Å². The van der Waals surface area contributed by atoms with E-state index in [1.54, 1.807) is 0 Å². The summed E-state index contributed by atoms with van der Waals surface area (Å²) in [4.78, 5) is 15.2. The van der Waals surface area contributed by atoms with Crippen LogP contribution in [-0.2, 0) is 0 Å². The molecule has 1 aromatic heterocycles. The number of carboxylic acids is 1. The first-order valence-corrected chi connectivity index (χ1v) is 6.06. The lowest BCUT2D eigenvalue weighted by molar-refractivity contribution is 0.0697. The van der Waals surface area contributed by atoms with Crippen LogP contribution >= 0.6 is 11.6 Å². The molecule has 0 bridgehead atoms. The van der Waals surface area contributed by atoms with Crippen molar-refractivity contribution in [3.8, 4) is 16.9 Å². The molecular weight excluding hydrogens is 285 g/mol. The fourth-order valence-electron chi connectivity index (χ4n) is 1.90. The van der Waals surface area contributed by atoms with Gasteiger partial charge in [-0.2, -0.15) is 0 Å². The van der Waals surface area contributed by atoms with Gasteiger partial charge >= 0.3 is 5.97 Å². The number of aromatic nitrogens is 1. The Morgan fingerprint density at radius 3 is 2.65 bits per heavy atom. The molecule has 0 atom stereocenters. The monoisotopic (exact) mass is 295 g/mol. The molecule has 0 fully saturated rings. The average Bonchev–Trinajstić information content (AvgIpc) is 2.41. The van der Waals surface area contributed by atoms with Gasteiger partial charge < -0.3 is 9.84 Å². The first-order valence-electron chi connectivity index (χ1n) is 5.68. The summed E-state index contributed by atoms with van der Waals surface area (Å²) in [6, 6.07) is 4.37. The lowest BCUT2D eigenvalue weighted by Gasteiger charge is -2.12. The Kier molecular flexibility index (Phi) is 3.90. The van der Waals surface area contributed by atoms with Crippen LogP contribution in [-0.4, -0.2) is 23.2 Å². The molecule has 2 rings (SSSR count). The maximum absolute atomic E-state index is 14.1. The van der Waals surface area contributed by atoms with Gasteiger partial charge in [-0.1, -0.05) is 11.6 Å². The molecule has 0 saturated heterocycles. The minimum atomic E-state index is -1.25. The summed E-state index contributed by atoms with van der Waals surface area (Å²) in [5.41, 5.74) is 0.312. The number of benzene rings is 1. The molecule has 2 aromatic rings. The normalized spacial score (nSPS) is 10.4. The summed E-state index contributed by atoms with van der Waals surface area (Å²) in [6.45, 7) is 1.50. The maximum Gasteiger partial charge on any atom is 0.337 e. The lowest BCUT2D eigenvalue weighted by Crippen LogP contribution is -2.04. The third-order valence-electron chi connectivity index (χ3n) is 2.89. The van der Waals surface area contributed by atoms with E-state index < -0.39 is 11.8 Å². The van der Waals surface area contributed by atoms with Crippen molar-refractivity contribution in [2.75, 3.05) is 7.11 Å². The number of methoxy groups -OCH3 is 1. The van der Waals surface area contributed by atoms with Crippen molar-refractivity contribution >= 4 is 17.6 Å². The minimum Gasteiger partial charge on any atom is -0.495 e. The molecule has 0 radical (unpaired) electrons. The fourth-order valence-corrected chi connectivity index (χ4v) is 2.23. The molecular formula is C14H11ClFNO3. The van der Waals surface area contributed by atoms with E-state index in [1.165, 1.54) is 38.4 Å². The van der Waals surface area contributed by atoms with Crippen molar-refractivity contribution in [2.45, 2.75) is 6.92 Å². The van der Waals surface area contributed by atoms with E-state index in [9.17, 15) is 14.3 Å². The predicted octanol–water partition coefficient (Wildman–Crippen LogP) is 3.56. The summed E-state index contributed by atoms with van der Waals surface area (Å²) < 4.78 is 19.1. The number of hydrogen-bond donors (Lipinski definition) is 1. The van der Waals surface area contributed by atoms with Crippen molar-refractivity contribution in [1.29, 1.82) is 0 Å². The molecule has 0 aliphatic rings. The standard InChI is InChI=1S/C14H11ClFNO3/c1-7-13(16)9(5-6-17-7)8-3-4-10(20-2)12(15)11(8)14(18)19/h3-6H,1-2H3,(H,18,19). The Bertz CT molecular complexity index is 688. The van der Waals surface area contributed by atoms with Gasteiger partial charge in [-0.3, -0.25) is 4.98 Å². The third-order valence-corrected chi connectivity index (χ3v) is 3.27. The zero-order valence-electron chi connectivity index (χ0n) is 10.8. The number of carboxylic acid groups (broad SMARTS) is 1. The number of rotatable bonds is 3. The molecule has 6 heteroatoms. The van der Waals surface area contributed by atoms with Gasteiger partial charge in [-0.05, 0) is 25.1 Å². The van der Waals surface area contributed by atoms with E-state index in [0.29, 0.717) is 0 Å². The van der Waals surface area contributed by atoms with Crippen LogP contribution < -0.4 is 4.74 Å². The zero-order chi connectivity index (χ0) is 14.9. The van der Waals surface area contributed by atoms with Crippen molar-refractivity contribution < 1.29 is 19.0 Å². The molecule has 20 heavy (non-hydrogen) atoms. The highest BCUT2D eigenvalue weighted by Crippen LogP contribution is 2.36. The molecule has 1 N–H and O–H groups in total. The quantitative estimate of drug-likeness (QED) is 0.940. The second-order valence-corrected chi connectivity index (χ2v) is 4.45. The molecule has 0 spiro atoms. The molecule has 0 aliphatic carbocycles. The van der Waals surface area contributed by atoms with Crippen molar-refractivity contribution in [2.24, 2.45) is 0 Å². The average molecular weight is 296 g/mol. The molecule has 0 aliphatic heterocycles. The summed E-state index contributed by atoms with van der Waals surface area (Å²) in [7, 11) is 1.38. The van der Waals surface area contributed by atoms with Gasteiger partial charge in [0.15, 0.2) is 5.82 Å². The molecule has 104 valence electrons. The number of ether oxygens (including phenoxy) is 1. The van der Waals surface area contributed by atoms with Crippen LogP contribution in [0.25, 0.3) is 11.1 Å². The van der Waals surface area contributed by atoms with Crippen LogP contribution in [0.4, 0.5) is 4.39 Å². The van der Waals surface area contributed by atoms with Crippen molar-refractivity contribution in [1.82, 2.24) is 4.98 Å². The highest BCUT2D eigenvalue weighted by molar-refractivity contribution is 6.35. The van der Waals surface area contributed by atoms with Gasteiger partial charge in [-0.15, -0.1) is 0 Å². The van der Waals surface area contributed by atoms with Gasteiger partial charge in [0.05, 0.1) is 23.4 Å². The van der Waals surface area contributed by atoms with Gasteiger partial charge in [0.1, 0.15) is 5.75 Å². The van der Waals surface area contributed by atoms with E-state index >= 15 is 0 Å². The highest BCUT2D eigenvalue weighted by Gasteiger charge is 2.22. The summed E-state index contributed by atoms with van der Waals surface area (Å²) in [5.74, 6) is -1.60.